The Labute approximate surface area is 179 Å². The second-order valence-electron chi connectivity index (χ2n) is 6.60. The van der Waals surface area contributed by atoms with Crippen LogP contribution in [0.3, 0.4) is 0 Å². The third-order valence-corrected chi connectivity index (χ3v) is 4.36. The van der Waals surface area contributed by atoms with Gasteiger partial charge in [0.05, 0.1) is 26.2 Å². The lowest BCUT2D eigenvalue weighted by Crippen LogP contribution is -2.14. The van der Waals surface area contributed by atoms with E-state index in [0.717, 1.165) is 0 Å². The van der Waals surface area contributed by atoms with Crippen molar-refractivity contribution in [1.29, 1.82) is 0 Å². The summed E-state index contributed by atoms with van der Waals surface area (Å²) in [5.41, 5.74) is 2.90. The molecule has 0 radical (unpaired) electrons. The van der Waals surface area contributed by atoms with E-state index in [0.29, 0.717) is 27.9 Å². The third kappa shape index (κ3) is 5.94. The molecule has 31 heavy (non-hydrogen) atoms. The largest absolute Gasteiger partial charge is 0.494 e. The van der Waals surface area contributed by atoms with Crippen molar-refractivity contribution >= 4 is 17.6 Å². The van der Waals surface area contributed by atoms with Crippen LogP contribution in [0.25, 0.3) is 0 Å². The van der Waals surface area contributed by atoms with Crippen LogP contribution in [0.4, 0.5) is 10.1 Å². The van der Waals surface area contributed by atoms with Gasteiger partial charge in [0.15, 0.2) is 11.6 Å². The molecular weight excluding hydrogens is 397 g/mol. The van der Waals surface area contributed by atoms with E-state index in [1.807, 2.05) is 6.07 Å². The maximum absolute atomic E-state index is 13.8. The van der Waals surface area contributed by atoms with Gasteiger partial charge in [-0.25, -0.2) is 9.18 Å². The van der Waals surface area contributed by atoms with Crippen LogP contribution >= 0.6 is 0 Å². The number of methoxy groups -OCH3 is 2. The fourth-order valence-electron chi connectivity index (χ4n) is 2.87. The molecule has 6 heteroatoms. The molecule has 0 atom stereocenters. The molecule has 3 rings (SSSR count). The molecule has 0 aliphatic carbocycles. The Morgan fingerprint density at radius 3 is 2.32 bits per heavy atom. The Hall–Kier alpha value is -4.11. The van der Waals surface area contributed by atoms with Gasteiger partial charge in [0, 0.05) is 16.8 Å². The van der Waals surface area contributed by atoms with Gasteiger partial charge in [-0.3, -0.25) is 4.79 Å². The smallest absolute Gasteiger partial charge is 0.337 e. The predicted octanol–water partition coefficient (Wildman–Crippen LogP) is 4.20. The summed E-state index contributed by atoms with van der Waals surface area (Å²) in [6.07, 6.45) is 0.0249. The standard InChI is InChI=1S/C25H20FNO4/c1-30-23-12-11-19(15-22(23)26)16-24(28)27-21-8-4-6-18(14-21)10-9-17-5-3-7-20(13-17)25(29)31-2/h3-8,11-15H,16H2,1-2H3,(H,27,28). The van der Waals surface area contributed by atoms with Gasteiger partial charge in [0.1, 0.15) is 0 Å². The van der Waals surface area contributed by atoms with Crippen molar-refractivity contribution in [2.75, 3.05) is 19.5 Å². The number of anilines is 1. The normalized spacial score (nSPS) is 9.90. The van der Waals surface area contributed by atoms with Crippen LogP contribution < -0.4 is 10.1 Å². The highest BCUT2D eigenvalue weighted by Crippen LogP contribution is 2.18. The molecule has 0 spiro atoms. The van der Waals surface area contributed by atoms with Crippen molar-refractivity contribution in [3.05, 3.63) is 94.8 Å². The van der Waals surface area contributed by atoms with Gasteiger partial charge in [-0.1, -0.05) is 30.0 Å². The highest BCUT2D eigenvalue weighted by atomic mass is 19.1. The number of carbonyl (C=O) groups is 2. The molecule has 0 aliphatic heterocycles. The van der Waals surface area contributed by atoms with E-state index < -0.39 is 11.8 Å². The summed E-state index contributed by atoms with van der Waals surface area (Å²) < 4.78 is 23.4. The Morgan fingerprint density at radius 2 is 1.65 bits per heavy atom. The number of benzene rings is 3. The summed E-state index contributed by atoms with van der Waals surface area (Å²) in [6, 6.07) is 18.3. The molecule has 0 fully saturated rings. The van der Waals surface area contributed by atoms with Gasteiger partial charge < -0.3 is 14.8 Å². The van der Waals surface area contributed by atoms with Gasteiger partial charge in [0.25, 0.3) is 0 Å². The summed E-state index contributed by atoms with van der Waals surface area (Å²) in [4.78, 5) is 24.0. The van der Waals surface area contributed by atoms with Crippen LogP contribution in [-0.4, -0.2) is 26.1 Å². The van der Waals surface area contributed by atoms with Crippen LogP contribution in [0.5, 0.6) is 5.75 Å². The quantitative estimate of drug-likeness (QED) is 0.499. The van der Waals surface area contributed by atoms with E-state index in [1.54, 1.807) is 48.5 Å². The summed E-state index contributed by atoms with van der Waals surface area (Å²) in [6.45, 7) is 0. The lowest BCUT2D eigenvalue weighted by molar-refractivity contribution is -0.115. The molecule has 3 aromatic carbocycles. The summed E-state index contributed by atoms with van der Waals surface area (Å²) >= 11 is 0. The number of hydrogen-bond donors (Lipinski definition) is 1. The summed E-state index contributed by atoms with van der Waals surface area (Å²) in [5, 5.41) is 2.79. The van der Waals surface area contributed by atoms with E-state index in [4.69, 9.17) is 9.47 Å². The number of carbonyl (C=O) groups excluding carboxylic acids is 2. The van der Waals surface area contributed by atoms with Gasteiger partial charge in [-0.05, 0) is 54.1 Å². The van der Waals surface area contributed by atoms with Crippen LogP contribution in [0.15, 0.2) is 66.7 Å². The molecule has 0 saturated heterocycles. The Balaban J connectivity index is 1.68. The number of nitrogens with one attached hydrogen (secondary N) is 1. The highest BCUT2D eigenvalue weighted by Gasteiger charge is 2.08. The minimum atomic E-state index is -0.513. The Kier molecular flexibility index (Phi) is 7.02. The van der Waals surface area contributed by atoms with Gasteiger partial charge in [0.2, 0.25) is 5.91 Å². The van der Waals surface area contributed by atoms with Crippen molar-refractivity contribution in [1.82, 2.24) is 0 Å². The zero-order valence-corrected chi connectivity index (χ0v) is 17.1. The number of halogens is 1. The molecule has 1 amide bonds. The maximum Gasteiger partial charge on any atom is 0.337 e. The molecule has 0 bridgehead atoms. The van der Waals surface area contributed by atoms with E-state index in [-0.39, 0.29) is 18.1 Å². The van der Waals surface area contributed by atoms with Crippen LogP contribution in [0, 0.1) is 17.7 Å². The first-order valence-corrected chi connectivity index (χ1v) is 9.41. The van der Waals surface area contributed by atoms with Crippen LogP contribution in [0.1, 0.15) is 27.0 Å². The molecule has 0 heterocycles. The fraction of sp³-hybridized carbons (Fsp3) is 0.120. The molecule has 1 N–H and O–H groups in total. The van der Waals surface area contributed by atoms with Crippen molar-refractivity contribution in [2.45, 2.75) is 6.42 Å². The van der Waals surface area contributed by atoms with Gasteiger partial charge in [-0.2, -0.15) is 0 Å². The molecule has 0 aromatic heterocycles. The number of amides is 1. The molecular formula is C25H20FNO4. The number of esters is 1. The lowest BCUT2D eigenvalue weighted by Gasteiger charge is -2.07. The van der Waals surface area contributed by atoms with Crippen molar-refractivity contribution in [2.24, 2.45) is 0 Å². The Bertz CT molecular complexity index is 1180. The topological polar surface area (TPSA) is 64.6 Å². The number of hydrogen-bond acceptors (Lipinski definition) is 4. The lowest BCUT2D eigenvalue weighted by atomic mass is 10.1. The van der Waals surface area contributed by atoms with Crippen molar-refractivity contribution in [3.8, 4) is 17.6 Å². The van der Waals surface area contributed by atoms with E-state index in [9.17, 15) is 14.0 Å². The minimum absolute atomic E-state index is 0.0249. The zero-order valence-electron chi connectivity index (χ0n) is 17.1. The summed E-state index contributed by atoms with van der Waals surface area (Å²) in [5.74, 6) is 4.92. The van der Waals surface area contributed by atoms with Crippen molar-refractivity contribution < 1.29 is 23.5 Å². The van der Waals surface area contributed by atoms with Crippen molar-refractivity contribution in [3.63, 3.8) is 0 Å². The highest BCUT2D eigenvalue weighted by molar-refractivity contribution is 5.92. The van der Waals surface area contributed by atoms with E-state index in [1.165, 1.54) is 26.4 Å². The number of ether oxygens (including phenoxy) is 2. The zero-order chi connectivity index (χ0) is 22.2. The van der Waals surface area contributed by atoms with E-state index >= 15 is 0 Å². The van der Waals surface area contributed by atoms with E-state index in [2.05, 4.69) is 17.2 Å². The third-order valence-electron chi connectivity index (χ3n) is 4.36. The monoisotopic (exact) mass is 417 g/mol. The van der Waals surface area contributed by atoms with Gasteiger partial charge >= 0.3 is 5.97 Å². The molecule has 3 aromatic rings. The molecule has 0 saturated carbocycles. The van der Waals surface area contributed by atoms with Crippen LogP contribution in [-0.2, 0) is 16.0 Å². The second-order valence-corrected chi connectivity index (χ2v) is 6.60. The molecule has 5 nitrogen and oxygen atoms in total. The molecule has 156 valence electrons. The average Bonchev–Trinajstić information content (AvgIpc) is 2.77. The first-order chi connectivity index (χ1) is 15.0. The first-order valence-electron chi connectivity index (χ1n) is 9.41. The molecule has 0 aliphatic rings. The maximum atomic E-state index is 13.8. The molecule has 0 unspecified atom stereocenters. The number of rotatable bonds is 5. The summed E-state index contributed by atoms with van der Waals surface area (Å²) in [7, 11) is 2.71. The minimum Gasteiger partial charge on any atom is -0.494 e. The first kappa shape index (κ1) is 21.6. The fourth-order valence-corrected chi connectivity index (χ4v) is 2.87. The average molecular weight is 417 g/mol. The van der Waals surface area contributed by atoms with Crippen LogP contribution in [0.2, 0.25) is 0 Å². The Morgan fingerprint density at radius 1 is 0.935 bits per heavy atom. The second kappa shape index (κ2) is 10.1. The SMILES string of the molecule is COC(=O)c1cccc(C#Cc2cccc(NC(=O)Cc3ccc(OC)c(F)c3)c2)c1. The van der Waals surface area contributed by atoms with Gasteiger partial charge in [-0.15, -0.1) is 0 Å². The predicted molar refractivity (Wildman–Crippen MR) is 115 cm³/mol.